The van der Waals surface area contributed by atoms with Crippen molar-refractivity contribution in [2.45, 2.75) is 5.41 Å². The number of benzene rings is 8. The van der Waals surface area contributed by atoms with Gasteiger partial charge in [0.2, 0.25) is 0 Å². The molecule has 10 aromatic rings. The van der Waals surface area contributed by atoms with Crippen molar-refractivity contribution in [3.8, 4) is 56.4 Å². The number of hydrogen-bond donors (Lipinski definition) is 0. The molecule has 0 saturated carbocycles. The molecular formula is C52H33N3O. The lowest BCUT2D eigenvalue weighted by Gasteiger charge is -2.33. The van der Waals surface area contributed by atoms with Gasteiger partial charge in [0, 0.05) is 27.5 Å². The maximum atomic E-state index is 6.75. The molecule has 8 aromatic carbocycles. The van der Waals surface area contributed by atoms with Gasteiger partial charge in [0.25, 0.3) is 0 Å². The summed E-state index contributed by atoms with van der Waals surface area (Å²) in [5.41, 5.74) is 13.6. The summed E-state index contributed by atoms with van der Waals surface area (Å²) < 4.78 is 6.75. The minimum absolute atomic E-state index is 0.507. The van der Waals surface area contributed by atoms with E-state index < -0.39 is 5.41 Å². The highest BCUT2D eigenvalue weighted by Gasteiger charge is 2.46. The summed E-state index contributed by atoms with van der Waals surface area (Å²) in [4.78, 5) is 15.0. The first kappa shape index (κ1) is 32.0. The van der Waals surface area contributed by atoms with Gasteiger partial charge >= 0.3 is 0 Å². The van der Waals surface area contributed by atoms with E-state index in [9.17, 15) is 0 Å². The summed E-state index contributed by atoms with van der Waals surface area (Å²) in [5, 5.41) is 2.17. The lowest BCUT2D eigenvalue weighted by molar-refractivity contribution is 0.669. The zero-order chi connectivity index (χ0) is 37.1. The van der Waals surface area contributed by atoms with Crippen LogP contribution in [0.2, 0.25) is 0 Å². The van der Waals surface area contributed by atoms with Gasteiger partial charge in [0.05, 0.1) is 5.41 Å². The molecule has 0 amide bonds. The van der Waals surface area contributed by atoms with Crippen LogP contribution >= 0.6 is 0 Å². The van der Waals surface area contributed by atoms with Gasteiger partial charge in [-0.3, -0.25) is 0 Å². The van der Waals surface area contributed by atoms with Crippen LogP contribution < -0.4 is 0 Å². The highest BCUT2D eigenvalue weighted by atomic mass is 16.3. The Kier molecular flexibility index (Phi) is 7.36. The molecular weight excluding hydrogens is 683 g/mol. The summed E-state index contributed by atoms with van der Waals surface area (Å²) in [6, 6.07) is 70.4. The largest absolute Gasteiger partial charge is 0.456 e. The van der Waals surface area contributed by atoms with E-state index in [1.165, 1.54) is 33.4 Å². The number of fused-ring (bicyclic) bond motifs is 6. The maximum Gasteiger partial charge on any atom is 0.164 e. The zero-order valence-electron chi connectivity index (χ0n) is 30.3. The molecule has 0 spiro atoms. The molecule has 0 fully saturated rings. The molecule has 0 aliphatic heterocycles. The fraction of sp³-hybridized carbons (Fsp3) is 0.0192. The average Bonchev–Trinajstić information content (AvgIpc) is 3.80. The topological polar surface area (TPSA) is 51.8 Å². The van der Waals surface area contributed by atoms with Crippen molar-refractivity contribution >= 4 is 21.9 Å². The third-order valence-corrected chi connectivity index (χ3v) is 11.2. The van der Waals surface area contributed by atoms with Gasteiger partial charge in [-0.25, -0.2) is 15.0 Å². The lowest BCUT2D eigenvalue weighted by atomic mass is 9.67. The van der Waals surface area contributed by atoms with Crippen molar-refractivity contribution in [1.29, 1.82) is 0 Å². The van der Waals surface area contributed by atoms with Crippen molar-refractivity contribution in [2.75, 3.05) is 0 Å². The molecule has 0 radical (unpaired) electrons. The second kappa shape index (κ2) is 12.9. The van der Waals surface area contributed by atoms with Crippen LogP contribution in [0.15, 0.2) is 205 Å². The second-order valence-electron chi connectivity index (χ2n) is 14.3. The molecule has 4 heteroatoms. The van der Waals surface area contributed by atoms with Gasteiger partial charge in [0.1, 0.15) is 11.2 Å². The summed E-state index contributed by atoms with van der Waals surface area (Å²) in [7, 11) is 0. The van der Waals surface area contributed by atoms with Gasteiger partial charge in [-0.1, -0.05) is 176 Å². The van der Waals surface area contributed by atoms with Gasteiger partial charge < -0.3 is 4.42 Å². The van der Waals surface area contributed by atoms with Crippen molar-refractivity contribution in [3.63, 3.8) is 0 Å². The Hall–Kier alpha value is -7.43. The minimum atomic E-state index is -0.507. The Morgan fingerprint density at radius 1 is 0.339 bits per heavy atom. The van der Waals surface area contributed by atoms with Crippen LogP contribution in [0, 0.1) is 0 Å². The Morgan fingerprint density at radius 2 is 0.839 bits per heavy atom. The molecule has 56 heavy (non-hydrogen) atoms. The fourth-order valence-corrected chi connectivity index (χ4v) is 8.76. The number of nitrogens with zero attached hydrogens (tertiary/aromatic N) is 3. The molecule has 0 bridgehead atoms. The van der Waals surface area contributed by atoms with Gasteiger partial charge in [-0.2, -0.15) is 0 Å². The maximum absolute atomic E-state index is 6.75. The fourth-order valence-electron chi connectivity index (χ4n) is 8.76. The first-order valence-electron chi connectivity index (χ1n) is 18.9. The van der Waals surface area contributed by atoms with E-state index >= 15 is 0 Å². The van der Waals surface area contributed by atoms with Crippen LogP contribution in [0.3, 0.4) is 0 Å². The highest BCUT2D eigenvalue weighted by Crippen LogP contribution is 2.57. The molecule has 1 aliphatic carbocycles. The quantitative estimate of drug-likeness (QED) is 0.172. The summed E-state index contributed by atoms with van der Waals surface area (Å²) in [6.07, 6.45) is 0. The SMILES string of the molecule is c1ccc(-c2nc(-c3ccccc3)nc(-c3cccc(-c4cccc5oc6cc7c(cc6c45)C(c4ccccc4)(c4ccccc4)c4ccccc4-7)c3)n2)cc1. The van der Waals surface area contributed by atoms with Crippen molar-refractivity contribution < 1.29 is 4.42 Å². The normalized spacial score (nSPS) is 12.8. The standard InChI is InChI=1S/C52H33N3O/c1-5-17-34(18-6-1)49-53-50(35-19-7-2-8-20-35)55-51(54-49)37-22-15-21-36(31-37)40-28-16-30-46-48(40)43-32-45-42(33-47(43)56-46)41-27-13-14-29-44(41)52(45,38-23-9-3-10-24-38)39-25-11-4-12-26-39/h1-33H. The first-order valence-corrected chi connectivity index (χ1v) is 18.9. The Bertz CT molecular complexity index is 2970. The molecule has 0 unspecified atom stereocenters. The van der Waals surface area contributed by atoms with Crippen LogP contribution in [-0.4, -0.2) is 15.0 Å². The van der Waals surface area contributed by atoms with Gasteiger partial charge in [-0.05, 0) is 68.8 Å². The van der Waals surface area contributed by atoms with Gasteiger partial charge in [-0.15, -0.1) is 0 Å². The van der Waals surface area contributed by atoms with E-state index in [0.29, 0.717) is 17.5 Å². The number of aromatic nitrogens is 3. The summed E-state index contributed by atoms with van der Waals surface area (Å²) >= 11 is 0. The Labute approximate surface area is 324 Å². The Balaban J connectivity index is 1.13. The van der Waals surface area contributed by atoms with Crippen LogP contribution in [0.1, 0.15) is 22.3 Å². The summed E-state index contributed by atoms with van der Waals surface area (Å²) in [5.74, 6) is 1.89. The number of rotatable bonds is 6. The third-order valence-electron chi connectivity index (χ3n) is 11.2. The van der Waals surface area contributed by atoms with E-state index in [1.807, 2.05) is 60.7 Å². The predicted molar refractivity (Wildman–Crippen MR) is 226 cm³/mol. The molecule has 4 nitrogen and oxygen atoms in total. The van der Waals surface area contributed by atoms with E-state index in [0.717, 1.165) is 49.8 Å². The minimum Gasteiger partial charge on any atom is -0.456 e. The third kappa shape index (κ3) is 4.96. The van der Waals surface area contributed by atoms with Crippen molar-refractivity contribution in [1.82, 2.24) is 15.0 Å². The molecule has 0 saturated heterocycles. The first-order chi connectivity index (χ1) is 27.8. The second-order valence-corrected chi connectivity index (χ2v) is 14.3. The Morgan fingerprint density at radius 3 is 1.48 bits per heavy atom. The zero-order valence-corrected chi connectivity index (χ0v) is 30.3. The molecule has 2 aromatic heterocycles. The molecule has 1 aliphatic rings. The molecule has 262 valence electrons. The van der Waals surface area contributed by atoms with Crippen LogP contribution in [-0.2, 0) is 5.41 Å². The van der Waals surface area contributed by atoms with Crippen LogP contribution in [0.4, 0.5) is 0 Å². The van der Waals surface area contributed by atoms with E-state index in [2.05, 4.69) is 140 Å². The molecule has 11 rings (SSSR count). The highest BCUT2D eigenvalue weighted by molar-refractivity contribution is 6.14. The van der Waals surface area contributed by atoms with Crippen molar-refractivity contribution in [2.24, 2.45) is 0 Å². The smallest absolute Gasteiger partial charge is 0.164 e. The van der Waals surface area contributed by atoms with E-state index in [-0.39, 0.29) is 0 Å². The average molecular weight is 716 g/mol. The number of furan rings is 1. The lowest BCUT2D eigenvalue weighted by Crippen LogP contribution is -2.28. The van der Waals surface area contributed by atoms with Gasteiger partial charge in [0.15, 0.2) is 17.5 Å². The van der Waals surface area contributed by atoms with Crippen LogP contribution in [0.5, 0.6) is 0 Å². The van der Waals surface area contributed by atoms with Crippen LogP contribution in [0.25, 0.3) is 78.4 Å². The monoisotopic (exact) mass is 715 g/mol. The van der Waals surface area contributed by atoms with E-state index in [4.69, 9.17) is 19.4 Å². The molecule has 0 N–H and O–H groups in total. The van der Waals surface area contributed by atoms with E-state index in [1.54, 1.807) is 0 Å². The predicted octanol–water partition coefficient (Wildman–Crippen LogP) is 12.8. The molecule has 2 heterocycles. The van der Waals surface area contributed by atoms with Crippen molar-refractivity contribution in [3.05, 3.63) is 222 Å². The molecule has 0 atom stereocenters. The number of hydrogen-bond acceptors (Lipinski definition) is 4. The summed E-state index contributed by atoms with van der Waals surface area (Å²) in [6.45, 7) is 0.